The SMILES string of the molecule is [B]C1(c2ccc(-c3ccc(-c4ccccc4C)nc3)cc2)CCC(C2CCCCC2)CC1. The summed E-state index contributed by atoms with van der Waals surface area (Å²) in [6, 6.07) is 21.7. The number of rotatable bonds is 4. The summed E-state index contributed by atoms with van der Waals surface area (Å²) in [5.74, 6) is 1.87. The minimum Gasteiger partial charge on any atom is -0.256 e. The van der Waals surface area contributed by atoms with Gasteiger partial charge in [-0.1, -0.05) is 118 Å². The topological polar surface area (TPSA) is 12.9 Å². The maximum Gasteiger partial charge on any atom is 0.0810 e. The molecule has 0 bridgehead atoms. The Kier molecular flexibility index (Phi) is 6.22. The van der Waals surface area contributed by atoms with Gasteiger partial charge in [0, 0.05) is 17.3 Å². The first-order chi connectivity index (χ1) is 15.6. The summed E-state index contributed by atoms with van der Waals surface area (Å²) in [5.41, 5.74) is 7.14. The van der Waals surface area contributed by atoms with Gasteiger partial charge in [-0.05, 0) is 41.3 Å². The fourth-order valence-electron chi connectivity index (χ4n) is 6.10. The molecule has 0 unspecified atom stereocenters. The Labute approximate surface area is 195 Å². The number of hydrogen-bond acceptors (Lipinski definition) is 1. The molecule has 0 amide bonds. The molecule has 2 heteroatoms. The molecule has 3 aromatic rings. The minimum absolute atomic E-state index is 0.156. The van der Waals surface area contributed by atoms with Gasteiger partial charge < -0.3 is 0 Å². The van der Waals surface area contributed by atoms with Gasteiger partial charge in [0.05, 0.1) is 13.5 Å². The van der Waals surface area contributed by atoms with Crippen LogP contribution in [0.15, 0.2) is 66.9 Å². The van der Waals surface area contributed by atoms with Crippen LogP contribution in [0.1, 0.15) is 68.9 Å². The minimum atomic E-state index is -0.156. The Morgan fingerprint density at radius 1 is 0.750 bits per heavy atom. The quantitative estimate of drug-likeness (QED) is 0.392. The Balaban J connectivity index is 1.26. The van der Waals surface area contributed by atoms with Crippen LogP contribution in [0.5, 0.6) is 0 Å². The van der Waals surface area contributed by atoms with Crippen molar-refractivity contribution in [1.82, 2.24) is 4.98 Å². The van der Waals surface area contributed by atoms with Crippen molar-refractivity contribution >= 4 is 7.85 Å². The molecular weight excluding hydrogens is 385 g/mol. The molecule has 32 heavy (non-hydrogen) atoms. The lowest BCUT2D eigenvalue weighted by atomic mass is 9.54. The Hall–Kier alpha value is -2.35. The lowest BCUT2D eigenvalue weighted by molar-refractivity contribution is 0.176. The van der Waals surface area contributed by atoms with Crippen LogP contribution in [0.2, 0.25) is 0 Å². The third-order valence-electron chi connectivity index (χ3n) is 8.22. The van der Waals surface area contributed by atoms with Gasteiger partial charge in [-0.25, -0.2) is 0 Å². The number of benzene rings is 2. The van der Waals surface area contributed by atoms with Crippen LogP contribution < -0.4 is 0 Å². The van der Waals surface area contributed by atoms with Crippen LogP contribution in [0.4, 0.5) is 0 Å². The van der Waals surface area contributed by atoms with Crippen LogP contribution in [0, 0.1) is 18.8 Å². The molecule has 2 saturated carbocycles. The number of aryl methyl sites for hydroxylation is 1. The second kappa shape index (κ2) is 9.26. The predicted octanol–water partition coefficient (Wildman–Crippen LogP) is 7.86. The normalized spacial score (nSPS) is 24.3. The van der Waals surface area contributed by atoms with Crippen molar-refractivity contribution in [2.24, 2.45) is 11.8 Å². The predicted molar refractivity (Wildman–Crippen MR) is 136 cm³/mol. The molecule has 162 valence electrons. The van der Waals surface area contributed by atoms with Gasteiger partial charge in [-0.3, -0.25) is 4.98 Å². The zero-order chi connectivity index (χ0) is 22.0. The Morgan fingerprint density at radius 2 is 1.41 bits per heavy atom. The summed E-state index contributed by atoms with van der Waals surface area (Å²) in [6.07, 6.45) is 14.1. The van der Waals surface area contributed by atoms with Crippen LogP contribution in [0.3, 0.4) is 0 Å². The summed E-state index contributed by atoms with van der Waals surface area (Å²) in [6.45, 7) is 2.13. The molecule has 2 aromatic carbocycles. The summed E-state index contributed by atoms with van der Waals surface area (Å²) in [5, 5.41) is -0.156. The first-order valence-corrected chi connectivity index (χ1v) is 12.5. The highest BCUT2D eigenvalue weighted by atomic mass is 14.7. The van der Waals surface area contributed by atoms with Gasteiger partial charge in [0.15, 0.2) is 0 Å². The van der Waals surface area contributed by atoms with E-state index in [0.29, 0.717) is 0 Å². The van der Waals surface area contributed by atoms with Gasteiger partial charge in [-0.2, -0.15) is 0 Å². The van der Waals surface area contributed by atoms with Crippen molar-refractivity contribution in [2.75, 3.05) is 0 Å². The lowest BCUT2D eigenvalue weighted by Crippen LogP contribution is -2.34. The average molecular weight is 419 g/mol. The highest BCUT2D eigenvalue weighted by Gasteiger charge is 2.35. The van der Waals surface area contributed by atoms with Crippen molar-refractivity contribution in [3.63, 3.8) is 0 Å². The van der Waals surface area contributed by atoms with Gasteiger partial charge in [0.1, 0.15) is 0 Å². The third kappa shape index (κ3) is 4.42. The highest BCUT2D eigenvalue weighted by Crippen LogP contribution is 2.45. The van der Waals surface area contributed by atoms with Crippen molar-refractivity contribution < 1.29 is 0 Å². The van der Waals surface area contributed by atoms with E-state index in [0.717, 1.165) is 35.9 Å². The van der Waals surface area contributed by atoms with Gasteiger partial charge in [0.25, 0.3) is 0 Å². The molecule has 2 radical (unpaired) electrons. The summed E-state index contributed by atoms with van der Waals surface area (Å²) in [7, 11) is 6.95. The van der Waals surface area contributed by atoms with E-state index in [1.165, 1.54) is 67.2 Å². The molecule has 2 fully saturated rings. The second-order valence-corrected chi connectivity index (χ2v) is 10.2. The highest BCUT2D eigenvalue weighted by molar-refractivity contribution is 6.16. The van der Waals surface area contributed by atoms with Crippen LogP contribution in [-0.4, -0.2) is 12.8 Å². The van der Waals surface area contributed by atoms with E-state index in [4.69, 9.17) is 12.8 Å². The zero-order valence-electron chi connectivity index (χ0n) is 19.4. The fourth-order valence-corrected chi connectivity index (χ4v) is 6.10. The fraction of sp³-hybridized carbons (Fsp3) is 0.433. The Morgan fingerprint density at radius 3 is 2.06 bits per heavy atom. The average Bonchev–Trinajstić information content (AvgIpc) is 2.86. The molecule has 0 aliphatic heterocycles. The molecule has 1 aromatic heterocycles. The van der Waals surface area contributed by atoms with Crippen molar-refractivity contribution in [3.8, 4) is 22.4 Å². The molecule has 0 spiro atoms. The number of aromatic nitrogens is 1. The number of pyridine rings is 1. The molecule has 1 nitrogen and oxygen atoms in total. The lowest BCUT2D eigenvalue weighted by Gasteiger charge is -2.42. The monoisotopic (exact) mass is 419 g/mol. The van der Waals surface area contributed by atoms with E-state index in [9.17, 15) is 0 Å². The largest absolute Gasteiger partial charge is 0.256 e. The molecule has 0 atom stereocenters. The molecule has 2 aliphatic rings. The molecule has 0 saturated heterocycles. The summed E-state index contributed by atoms with van der Waals surface area (Å²) in [4.78, 5) is 4.74. The van der Waals surface area contributed by atoms with E-state index < -0.39 is 0 Å². The van der Waals surface area contributed by atoms with Crippen LogP contribution in [-0.2, 0) is 5.31 Å². The van der Waals surface area contributed by atoms with Crippen LogP contribution >= 0.6 is 0 Å². The zero-order valence-corrected chi connectivity index (χ0v) is 19.4. The smallest absolute Gasteiger partial charge is 0.0810 e. The summed E-state index contributed by atoms with van der Waals surface area (Å²) < 4.78 is 0. The van der Waals surface area contributed by atoms with Gasteiger partial charge in [0.2, 0.25) is 0 Å². The van der Waals surface area contributed by atoms with E-state index in [1.807, 2.05) is 6.20 Å². The maximum absolute atomic E-state index is 6.95. The third-order valence-corrected chi connectivity index (χ3v) is 8.22. The molecule has 5 rings (SSSR count). The molecule has 2 aliphatic carbocycles. The molecule has 1 heterocycles. The van der Waals surface area contributed by atoms with Crippen molar-refractivity contribution in [2.45, 2.75) is 70.0 Å². The summed E-state index contributed by atoms with van der Waals surface area (Å²) >= 11 is 0. The van der Waals surface area contributed by atoms with Gasteiger partial charge in [-0.15, -0.1) is 0 Å². The standard InChI is InChI=1S/C30H34BN/c1-22-7-5-6-10-28(22)29-16-13-26(21-32-29)24-11-14-27(15-12-24)30(31)19-17-25(18-20-30)23-8-3-2-4-9-23/h5-7,10-16,21,23,25H,2-4,8-9,17-20H2,1H3. The number of nitrogens with zero attached hydrogens (tertiary/aromatic N) is 1. The molecule has 0 N–H and O–H groups in total. The first kappa shape index (κ1) is 21.5. The molecular formula is C30H34BN. The van der Waals surface area contributed by atoms with E-state index in [2.05, 4.69) is 67.6 Å². The van der Waals surface area contributed by atoms with E-state index >= 15 is 0 Å². The number of hydrogen-bond donors (Lipinski definition) is 0. The second-order valence-electron chi connectivity index (χ2n) is 10.2. The van der Waals surface area contributed by atoms with Crippen molar-refractivity contribution in [3.05, 3.63) is 78.0 Å². The Bertz CT molecular complexity index is 1020. The van der Waals surface area contributed by atoms with E-state index in [-0.39, 0.29) is 5.31 Å². The van der Waals surface area contributed by atoms with Crippen LogP contribution in [0.25, 0.3) is 22.4 Å². The van der Waals surface area contributed by atoms with Crippen molar-refractivity contribution in [1.29, 1.82) is 0 Å². The van der Waals surface area contributed by atoms with E-state index in [1.54, 1.807) is 0 Å². The maximum atomic E-state index is 6.95. The first-order valence-electron chi connectivity index (χ1n) is 12.5. The van der Waals surface area contributed by atoms with Gasteiger partial charge >= 0.3 is 0 Å².